The molecule has 2 aromatic rings. The van der Waals surface area contributed by atoms with Crippen molar-refractivity contribution in [2.75, 3.05) is 18.8 Å². The van der Waals surface area contributed by atoms with Crippen LogP contribution in [0.5, 0.6) is 0 Å². The third-order valence-electron chi connectivity index (χ3n) is 4.73. The van der Waals surface area contributed by atoms with Crippen molar-refractivity contribution in [1.29, 1.82) is 0 Å². The second kappa shape index (κ2) is 11.2. The normalized spacial score (nSPS) is 16.9. The summed E-state index contributed by atoms with van der Waals surface area (Å²) in [5.41, 5.74) is 1.38. The molecule has 1 fully saturated rings. The number of carbonyl (C=O) groups is 1. The lowest BCUT2D eigenvalue weighted by atomic mass is 9.90. The Balaban J connectivity index is 0.000000386. The van der Waals surface area contributed by atoms with E-state index in [1.54, 1.807) is 30.3 Å². The van der Waals surface area contributed by atoms with Crippen LogP contribution in [-0.4, -0.2) is 42.6 Å². The molecule has 1 unspecified atom stereocenters. The molecule has 1 atom stereocenters. The maximum atomic E-state index is 12.2. The number of halogens is 2. The molecular formula is C22H25ClFNO4S. The van der Waals surface area contributed by atoms with Crippen molar-refractivity contribution in [3.8, 4) is 0 Å². The maximum Gasteiger partial charge on any atom is 0.307 e. The van der Waals surface area contributed by atoms with Gasteiger partial charge in [0.05, 0.1) is 12.2 Å². The first-order valence-electron chi connectivity index (χ1n) is 9.53. The summed E-state index contributed by atoms with van der Waals surface area (Å²) in [6.45, 7) is 4.36. The molecule has 30 heavy (non-hydrogen) atoms. The average Bonchev–Trinajstić information content (AvgIpc) is 2.70. The summed E-state index contributed by atoms with van der Waals surface area (Å²) in [6, 6.07) is 13.3. The molecule has 0 saturated carbocycles. The Morgan fingerprint density at radius 3 is 2.50 bits per heavy atom. The predicted octanol–water partition coefficient (Wildman–Crippen LogP) is 4.49. The standard InChI is InChI=1S/C16H20ClNO4S.C6H5F/c1-2-9-23(21,22)18-8-4-6-13(11-18)14-7-3-5-12(16(14)17)10-15(19)20;7-6-4-2-1-3-5-6/h2-3,5,7,13H,1,4,6,8-11H2,(H,19,20);1-5H. The van der Waals surface area contributed by atoms with Gasteiger partial charge in [-0.2, -0.15) is 0 Å². The second-order valence-electron chi connectivity index (χ2n) is 6.95. The molecule has 0 amide bonds. The molecule has 2 aromatic carbocycles. The number of nitrogens with zero attached hydrogens (tertiary/aromatic N) is 1. The van der Waals surface area contributed by atoms with E-state index in [4.69, 9.17) is 16.7 Å². The van der Waals surface area contributed by atoms with Crippen molar-refractivity contribution in [2.24, 2.45) is 0 Å². The fraction of sp³-hybridized carbons (Fsp3) is 0.318. The van der Waals surface area contributed by atoms with Gasteiger partial charge in [-0.05, 0) is 42.0 Å². The zero-order valence-corrected chi connectivity index (χ0v) is 18.1. The summed E-state index contributed by atoms with van der Waals surface area (Å²) in [5, 5.41) is 9.38. The van der Waals surface area contributed by atoms with Gasteiger partial charge in [0.25, 0.3) is 0 Å². The molecule has 1 aliphatic rings. The summed E-state index contributed by atoms with van der Waals surface area (Å²) in [4.78, 5) is 10.9. The van der Waals surface area contributed by atoms with Gasteiger partial charge in [0.2, 0.25) is 10.0 Å². The SMILES string of the molecule is C=CCS(=O)(=O)N1CCCC(c2cccc(CC(=O)O)c2Cl)C1.Fc1ccccc1. The van der Waals surface area contributed by atoms with Crippen LogP contribution in [0, 0.1) is 5.82 Å². The number of carboxylic acid groups (broad SMARTS) is 1. The number of hydrogen-bond donors (Lipinski definition) is 1. The minimum absolute atomic E-state index is 0.0235. The average molecular weight is 454 g/mol. The highest BCUT2D eigenvalue weighted by molar-refractivity contribution is 7.89. The van der Waals surface area contributed by atoms with Gasteiger partial charge in [0, 0.05) is 18.1 Å². The Kier molecular flexibility index (Phi) is 9.02. The molecule has 1 saturated heterocycles. The van der Waals surface area contributed by atoms with Gasteiger partial charge in [-0.15, -0.1) is 6.58 Å². The highest BCUT2D eigenvalue weighted by Crippen LogP contribution is 2.34. The summed E-state index contributed by atoms with van der Waals surface area (Å²) in [7, 11) is -3.34. The number of aliphatic carboxylic acids is 1. The Morgan fingerprint density at radius 2 is 1.93 bits per heavy atom. The van der Waals surface area contributed by atoms with Gasteiger partial charge in [0.1, 0.15) is 5.82 Å². The predicted molar refractivity (Wildman–Crippen MR) is 117 cm³/mol. The lowest BCUT2D eigenvalue weighted by Gasteiger charge is -2.32. The van der Waals surface area contributed by atoms with Crippen molar-refractivity contribution in [3.63, 3.8) is 0 Å². The molecule has 0 aliphatic carbocycles. The molecule has 0 aromatic heterocycles. The Bertz CT molecular complexity index is 966. The van der Waals surface area contributed by atoms with E-state index >= 15 is 0 Å². The van der Waals surface area contributed by atoms with Crippen LogP contribution in [-0.2, 0) is 21.2 Å². The molecule has 1 N–H and O–H groups in total. The summed E-state index contributed by atoms with van der Waals surface area (Å²) in [6.07, 6.45) is 2.83. The first kappa shape index (κ1) is 24.1. The van der Waals surface area contributed by atoms with E-state index in [0.29, 0.717) is 23.7 Å². The van der Waals surface area contributed by atoms with Crippen LogP contribution in [0.2, 0.25) is 5.02 Å². The van der Waals surface area contributed by atoms with Gasteiger partial charge < -0.3 is 5.11 Å². The number of sulfonamides is 1. The molecule has 1 aliphatic heterocycles. The van der Waals surface area contributed by atoms with E-state index in [0.717, 1.165) is 18.4 Å². The van der Waals surface area contributed by atoms with Crippen LogP contribution < -0.4 is 0 Å². The zero-order chi connectivity index (χ0) is 22.1. The summed E-state index contributed by atoms with van der Waals surface area (Å²) in [5.74, 6) is -1.22. The molecular weight excluding hydrogens is 429 g/mol. The number of piperidine rings is 1. The van der Waals surface area contributed by atoms with Crippen LogP contribution >= 0.6 is 11.6 Å². The lowest BCUT2D eigenvalue weighted by molar-refractivity contribution is -0.136. The first-order valence-corrected chi connectivity index (χ1v) is 11.5. The molecule has 0 radical (unpaired) electrons. The van der Waals surface area contributed by atoms with Gasteiger partial charge in [-0.3, -0.25) is 4.79 Å². The fourth-order valence-corrected chi connectivity index (χ4v) is 5.00. The number of rotatable bonds is 6. The second-order valence-corrected chi connectivity index (χ2v) is 9.34. The fourth-order valence-electron chi connectivity index (χ4n) is 3.33. The summed E-state index contributed by atoms with van der Waals surface area (Å²) >= 11 is 6.36. The molecule has 5 nitrogen and oxygen atoms in total. The molecule has 8 heteroatoms. The van der Waals surface area contributed by atoms with Crippen molar-refractivity contribution in [3.05, 3.63) is 83.2 Å². The van der Waals surface area contributed by atoms with E-state index < -0.39 is 16.0 Å². The number of carboxylic acids is 1. The van der Waals surface area contributed by atoms with Crippen molar-refractivity contribution < 1.29 is 22.7 Å². The van der Waals surface area contributed by atoms with Crippen LogP contribution in [0.3, 0.4) is 0 Å². The monoisotopic (exact) mass is 453 g/mol. The van der Waals surface area contributed by atoms with Crippen molar-refractivity contribution in [1.82, 2.24) is 4.31 Å². The Labute approximate surface area is 181 Å². The van der Waals surface area contributed by atoms with E-state index in [1.807, 2.05) is 6.07 Å². The number of hydrogen-bond acceptors (Lipinski definition) is 3. The molecule has 3 rings (SSSR count). The van der Waals surface area contributed by atoms with E-state index in [9.17, 15) is 17.6 Å². The largest absolute Gasteiger partial charge is 0.481 e. The molecule has 162 valence electrons. The van der Waals surface area contributed by atoms with Gasteiger partial charge in [0.15, 0.2) is 0 Å². The van der Waals surface area contributed by atoms with Gasteiger partial charge >= 0.3 is 5.97 Å². The van der Waals surface area contributed by atoms with Gasteiger partial charge in [-0.1, -0.05) is 54.1 Å². The van der Waals surface area contributed by atoms with Crippen molar-refractivity contribution in [2.45, 2.75) is 25.2 Å². The highest BCUT2D eigenvalue weighted by atomic mass is 35.5. The topological polar surface area (TPSA) is 74.7 Å². The minimum atomic E-state index is -3.34. The smallest absolute Gasteiger partial charge is 0.307 e. The maximum absolute atomic E-state index is 12.2. The number of benzene rings is 2. The minimum Gasteiger partial charge on any atom is -0.481 e. The van der Waals surface area contributed by atoms with Crippen molar-refractivity contribution >= 4 is 27.6 Å². The van der Waals surface area contributed by atoms with E-state index in [2.05, 4.69) is 6.58 Å². The van der Waals surface area contributed by atoms with Crippen LogP contribution in [0.1, 0.15) is 29.9 Å². The van der Waals surface area contributed by atoms with Gasteiger partial charge in [-0.25, -0.2) is 17.1 Å². The summed E-state index contributed by atoms with van der Waals surface area (Å²) < 4.78 is 37.8. The van der Waals surface area contributed by atoms with Crippen LogP contribution in [0.15, 0.2) is 61.2 Å². The molecule has 1 heterocycles. The lowest BCUT2D eigenvalue weighted by Crippen LogP contribution is -2.40. The third-order valence-corrected chi connectivity index (χ3v) is 6.97. The van der Waals surface area contributed by atoms with Crippen LogP contribution in [0.25, 0.3) is 0 Å². The molecule has 0 bridgehead atoms. The quantitative estimate of drug-likeness (QED) is 0.654. The third kappa shape index (κ3) is 6.93. The Morgan fingerprint density at radius 1 is 1.23 bits per heavy atom. The Hall–Kier alpha value is -2.22. The molecule has 0 spiro atoms. The van der Waals surface area contributed by atoms with Crippen LogP contribution in [0.4, 0.5) is 4.39 Å². The van der Waals surface area contributed by atoms with E-state index in [1.165, 1.54) is 22.5 Å². The van der Waals surface area contributed by atoms with E-state index in [-0.39, 0.29) is 23.9 Å². The highest BCUT2D eigenvalue weighted by Gasteiger charge is 2.30. The zero-order valence-electron chi connectivity index (χ0n) is 16.5. The first-order chi connectivity index (χ1) is 14.2.